The fourth-order valence-corrected chi connectivity index (χ4v) is 3.76. The van der Waals surface area contributed by atoms with Crippen LogP contribution in [0.3, 0.4) is 0 Å². The summed E-state index contributed by atoms with van der Waals surface area (Å²) in [5.74, 6) is -3.55. The van der Waals surface area contributed by atoms with Crippen molar-refractivity contribution in [1.82, 2.24) is 10.2 Å². The average Bonchev–Trinajstić information content (AvgIpc) is 2.86. The Labute approximate surface area is 212 Å². The van der Waals surface area contributed by atoms with Gasteiger partial charge in [-0.2, -0.15) is 31.3 Å². The molecule has 0 radical (unpaired) electrons. The molecule has 0 bridgehead atoms. The first-order valence-corrected chi connectivity index (χ1v) is 11.3. The van der Waals surface area contributed by atoms with Crippen molar-refractivity contribution in [3.63, 3.8) is 0 Å². The van der Waals surface area contributed by atoms with E-state index in [2.05, 4.69) is 15.6 Å². The average molecular weight is 543 g/mol. The van der Waals surface area contributed by atoms with Crippen molar-refractivity contribution in [2.24, 2.45) is 10.7 Å². The maximum absolute atomic E-state index is 12.9. The van der Waals surface area contributed by atoms with Crippen LogP contribution >= 0.6 is 0 Å². The number of hydrogen-bond donors (Lipinski definition) is 3. The van der Waals surface area contributed by atoms with Crippen molar-refractivity contribution < 1.29 is 40.7 Å². The van der Waals surface area contributed by atoms with E-state index in [0.717, 1.165) is 37.1 Å². The van der Waals surface area contributed by atoms with E-state index in [1.807, 2.05) is 0 Å². The first-order valence-electron chi connectivity index (χ1n) is 11.3. The van der Waals surface area contributed by atoms with Crippen molar-refractivity contribution in [2.75, 3.05) is 18.4 Å². The van der Waals surface area contributed by atoms with Crippen molar-refractivity contribution in [3.05, 3.63) is 65.2 Å². The van der Waals surface area contributed by atoms with E-state index >= 15 is 0 Å². The molecule has 14 heteroatoms. The number of rotatable bonds is 5. The van der Waals surface area contributed by atoms with Gasteiger partial charge in [0.15, 0.2) is 0 Å². The third-order valence-corrected chi connectivity index (χ3v) is 5.76. The number of likely N-dealkylation sites (tertiary alicyclic amines) is 1. The first kappa shape index (κ1) is 28.5. The minimum Gasteiger partial charge on any atom is -0.383 e. The normalized spacial score (nSPS) is 16.6. The molecule has 0 aliphatic carbocycles. The van der Waals surface area contributed by atoms with E-state index in [9.17, 15) is 40.7 Å². The number of piperidine rings is 1. The number of carbonyl (C=O) groups is 3. The van der Waals surface area contributed by atoms with Crippen LogP contribution in [0.15, 0.2) is 53.5 Å². The highest BCUT2D eigenvalue weighted by atomic mass is 19.4. The third-order valence-electron chi connectivity index (χ3n) is 5.76. The molecule has 1 aliphatic rings. The summed E-state index contributed by atoms with van der Waals surface area (Å²) in [6.45, 7) is 0.469. The minimum atomic E-state index is -5.15. The van der Waals surface area contributed by atoms with Crippen LogP contribution in [0.4, 0.5) is 36.8 Å². The molecule has 1 heterocycles. The van der Waals surface area contributed by atoms with Gasteiger partial charge in [-0.05, 0) is 67.8 Å². The van der Waals surface area contributed by atoms with Gasteiger partial charge in [0.1, 0.15) is 5.84 Å². The molecule has 3 rings (SSSR count). The van der Waals surface area contributed by atoms with E-state index in [1.54, 1.807) is 0 Å². The molecule has 0 saturated carbocycles. The summed E-state index contributed by atoms with van der Waals surface area (Å²) in [5, 5.41) is 5.30. The van der Waals surface area contributed by atoms with Crippen molar-refractivity contribution in [3.8, 4) is 0 Å². The lowest BCUT2D eigenvalue weighted by atomic mass is 10.0. The van der Waals surface area contributed by atoms with E-state index in [-0.39, 0.29) is 23.7 Å². The molecular formula is C24H23F6N5O3. The molecule has 204 valence electrons. The van der Waals surface area contributed by atoms with Crippen LogP contribution in [-0.2, 0) is 11.0 Å². The standard InChI is InChI=1S/C24H23F6N5O3/c25-23(26,27)16-8-4-15(5-9-16)20(36)32-13-18-3-1-2-12-35(18)22(38)33-17-10-6-14(7-11-17)19(31)34-21(37)24(28,29)30/h4-11,18H,1-3,12-13H2,(H,32,36)(H,33,38)(H2,31,34,37). The predicted molar refractivity (Wildman–Crippen MR) is 125 cm³/mol. The molecule has 4 amide bonds. The highest BCUT2D eigenvalue weighted by Gasteiger charge is 2.39. The Morgan fingerprint density at radius 2 is 1.53 bits per heavy atom. The van der Waals surface area contributed by atoms with Crippen molar-refractivity contribution in [2.45, 2.75) is 37.7 Å². The van der Waals surface area contributed by atoms with Gasteiger partial charge in [0.2, 0.25) is 0 Å². The SMILES string of the molecule is NC(=NC(=O)C(F)(F)F)c1ccc(NC(=O)N2CCCCC2CNC(=O)c2ccc(C(F)(F)F)cc2)cc1. The molecule has 0 spiro atoms. The van der Waals surface area contributed by atoms with Gasteiger partial charge in [0, 0.05) is 29.9 Å². The van der Waals surface area contributed by atoms with Crippen LogP contribution in [0.2, 0.25) is 0 Å². The van der Waals surface area contributed by atoms with Crippen LogP contribution in [0, 0.1) is 0 Å². The molecule has 0 aromatic heterocycles. The number of amidine groups is 1. The summed E-state index contributed by atoms with van der Waals surface area (Å²) in [5.41, 5.74) is 4.97. The summed E-state index contributed by atoms with van der Waals surface area (Å²) in [7, 11) is 0. The summed E-state index contributed by atoms with van der Waals surface area (Å²) in [6.07, 6.45) is -7.57. The second kappa shape index (κ2) is 11.5. The van der Waals surface area contributed by atoms with Crippen molar-refractivity contribution in [1.29, 1.82) is 0 Å². The molecule has 38 heavy (non-hydrogen) atoms. The molecule has 1 atom stereocenters. The maximum atomic E-state index is 12.9. The van der Waals surface area contributed by atoms with Gasteiger partial charge in [-0.3, -0.25) is 9.59 Å². The molecule has 1 unspecified atom stereocenters. The highest BCUT2D eigenvalue weighted by Crippen LogP contribution is 2.29. The van der Waals surface area contributed by atoms with Gasteiger partial charge in [0.25, 0.3) is 5.91 Å². The molecule has 1 aliphatic heterocycles. The number of nitrogens with two attached hydrogens (primary N) is 1. The van der Waals surface area contributed by atoms with Crippen LogP contribution in [0.25, 0.3) is 0 Å². The van der Waals surface area contributed by atoms with E-state index in [0.29, 0.717) is 18.7 Å². The zero-order valence-electron chi connectivity index (χ0n) is 19.7. The Kier molecular flexibility index (Phi) is 8.63. The minimum absolute atomic E-state index is 0.0439. The number of nitrogens with one attached hydrogen (secondary N) is 2. The molecule has 1 fully saturated rings. The van der Waals surface area contributed by atoms with Crippen LogP contribution in [-0.4, -0.2) is 53.9 Å². The lowest BCUT2D eigenvalue weighted by molar-refractivity contribution is -0.169. The number of urea groups is 1. The number of aliphatic imine (C=N–C) groups is 1. The molecule has 4 N–H and O–H groups in total. The van der Waals surface area contributed by atoms with Crippen LogP contribution in [0.1, 0.15) is 40.7 Å². The Hall–Kier alpha value is -4.10. The molecule has 2 aromatic carbocycles. The maximum Gasteiger partial charge on any atom is 0.473 e. The Bertz CT molecular complexity index is 1190. The number of halogens is 6. The molecule has 8 nitrogen and oxygen atoms in total. The fourth-order valence-electron chi connectivity index (χ4n) is 3.76. The summed E-state index contributed by atoms with van der Waals surface area (Å²) >= 11 is 0. The van der Waals surface area contributed by atoms with E-state index < -0.39 is 41.6 Å². The van der Waals surface area contributed by atoms with Gasteiger partial charge in [0.05, 0.1) is 11.6 Å². The summed E-state index contributed by atoms with van der Waals surface area (Å²) < 4.78 is 75.2. The number of hydrogen-bond acceptors (Lipinski definition) is 3. The number of benzene rings is 2. The zero-order chi connectivity index (χ0) is 28.1. The number of nitrogens with zero attached hydrogens (tertiary/aromatic N) is 2. The highest BCUT2D eigenvalue weighted by molar-refractivity contribution is 6.05. The Balaban J connectivity index is 1.59. The van der Waals surface area contributed by atoms with E-state index in [4.69, 9.17) is 5.73 Å². The fraction of sp³-hybridized carbons (Fsp3) is 0.333. The first-order chi connectivity index (χ1) is 17.8. The number of amides is 4. The quantitative estimate of drug-likeness (QED) is 0.296. The largest absolute Gasteiger partial charge is 0.473 e. The summed E-state index contributed by atoms with van der Waals surface area (Å²) in [6, 6.07) is 8.23. The molecular weight excluding hydrogens is 520 g/mol. The second-order valence-electron chi connectivity index (χ2n) is 8.44. The summed E-state index contributed by atoms with van der Waals surface area (Å²) in [4.78, 5) is 40.6. The van der Waals surface area contributed by atoms with Gasteiger partial charge in [-0.25, -0.2) is 4.79 Å². The molecule has 2 aromatic rings. The van der Waals surface area contributed by atoms with Gasteiger partial charge >= 0.3 is 24.3 Å². The second-order valence-corrected chi connectivity index (χ2v) is 8.44. The smallest absolute Gasteiger partial charge is 0.383 e. The van der Waals surface area contributed by atoms with Gasteiger partial charge in [-0.15, -0.1) is 0 Å². The Morgan fingerprint density at radius 1 is 0.921 bits per heavy atom. The van der Waals surface area contributed by atoms with Gasteiger partial charge < -0.3 is 21.3 Å². The van der Waals surface area contributed by atoms with Crippen LogP contribution in [0.5, 0.6) is 0 Å². The van der Waals surface area contributed by atoms with E-state index in [1.165, 1.54) is 29.2 Å². The lowest BCUT2D eigenvalue weighted by Crippen LogP contribution is -2.50. The Morgan fingerprint density at radius 3 is 2.11 bits per heavy atom. The van der Waals surface area contributed by atoms with Crippen LogP contribution < -0.4 is 16.4 Å². The third kappa shape index (κ3) is 7.46. The van der Waals surface area contributed by atoms with Crippen molar-refractivity contribution >= 4 is 29.4 Å². The van der Waals surface area contributed by atoms with Gasteiger partial charge in [-0.1, -0.05) is 0 Å². The topological polar surface area (TPSA) is 117 Å². The predicted octanol–water partition coefficient (Wildman–Crippen LogP) is 4.32. The zero-order valence-corrected chi connectivity index (χ0v) is 19.7. The monoisotopic (exact) mass is 543 g/mol. The lowest BCUT2D eigenvalue weighted by Gasteiger charge is -2.35. The molecule has 1 saturated heterocycles. The number of anilines is 1. The number of alkyl halides is 6. The number of carbonyl (C=O) groups excluding carboxylic acids is 3.